The molecular formula is C15H27N3O3. The van der Waals surface area contributed by atoms with Gasteiger partial charge in [-0.3, -0.25) is 15.0 Å². The molecule has 1 saturated carbocycles. The van der Waals surface area contributed by atoms with Crippen LogP contribution in [0.3, 0.4) is 0 Å². The summed E-state index contributed by atoms with van der Waals surface area (Å²) >= 11 is 0. The standard InChI is InChI=1S/C15H27N3O3/c1-11-7-8-18(9-13(11)19)10-14(20)17-15(21)16-12-5-3-2-4-6-12/h11-13,19H,2-10H2,1H3,(H2,16,17,20,21). The summed E-state index contributed by atoms with van der Waals surface area (Å²) in [5.74, 6) is -0.0241. The Labute approximate surface area is 126 Å². The van der Waals surface area contributed by atoms with Crippen LogP contribution in [0.25, 0.3) is 0 Å². The number of aliphatic hydroxyl groups is 1. The quantitative estimate of drug-likeness (QED) is 0.721. The number of likely N-dealkylation sites (tertiary alicyclic amines) is 1. The molecule has 6 heteroatoms. The average Bonchev–Trinajstić information content (AvgIpc) is 2.43. The van der Waals surface area contributed by atoms with Crippen molar-refractivity contribution >= 4 is 11.9 Å². The summed E-state index contributed by atoms with van der Waals surface area (Å²) in [4.78, 5) is 25.5. The second-order valence-corrected chi connectivity index (χ2v) is 6.42. The van der Waals surface area contributed by atoms with Gasteiger partial charge in [0.1, 0.15) is 0 Å². The lowest BCUT2D eigenvalue weighted by Gasteiger charge is -2.33. The van der Waals surface area contributed by atoms with Gasteiger partial charge in [-0.25, -0.2) is 4.79 Å². The molecule has 3 N–H and O–H groups in total. The highest BCUT2D eigenvalue weighted by Gasteiger charge is 2.26. The van der Waals surface area contributed by atoms with Gasteiger partial charge in [-0.2, -0.15) is 0 Å². The fourth-order valence-corrected chi connectivity index (χ4v) is 3.10. The Morgan fingerprint density at radius 3 is 2.57 bits per heavy atom. The molecule has 1 aliphatic heterocycles. The predicted molar refractivity (Wildman–Crippen MR) is 79.8 cm³/mol. The molecule has 0 radical (unpaired) electrons. The topological polar surface area (TPSA) is 81.7 Å². The maximum absolute atomic E-state index is 11.9. The van der Waals surface area contributed by atoms with Crippen LogP contribution in [0, 0.1) is 5.92 Å². The predicted octanol–water partition coefficient (Wildman–Crippen LogP) is 0.848. The van der Waals surface area contributed by atoms with E-state index in [0.29, 0.717) is 6.54 Å². The van der Waals surface area contributed by atoms with Gasteiger partial charge in [0.05, 0.1) is 12.6 Å². The highest BCUT2D eigenvalue weighted by Crippen LogP contribution is 2.17. The molecule has 2 atom stereocenters. The molecule has 0 bridgehead atoms. The normalized spacial score (nSPS) is 28.1. The minimum Gasteiger partial charge on any atom is -0.392 e. The highest BCUT2D eigenvalue weighted by atomic mass is 16.3. The minimum absolute atomic E-state index is 0.169. The maximum Gasteiger partial charge on any atom is 0.321 e. The van der Waals surface area contributed by atoms with Gasteiger partial charge in [0.15, 0.2) is 0 Å². The molecule has 2 aliphatic rings. The summed E-state index contributed by atoms with van der Waals surface area (Å²) in [6, 6.07) is -0.193. The van der Waals surface area contributed by atoms with E-state index >= 15 is 0 Å². The van der Waals surface area contributed by atoms with Crippen molar-refractivity contribution in [2.75, 3.05) is 19.6 Å². The molecule has 0 aromatic carbocycles. The van der Waals surface area contributed by atoms with Crippen molar-refractivity contribution in [3.8, 4) is 0 Å². The van der Waals surface area contributed by atoms with E-state index in [4.69, 9.17) is 0 Å². The lowest BCUT2D eigenvalue weighted by atomic mass is 9.96. The molecule has 3 amide bonds. The summed E-state index contributed by atoms with van der Waals surface area (Å²) in [6.07, 6.45) is 6.00. The van der Waals surface area contributed by atoms with Gasteiger partial charge >= 0.3 is 6.03 Å². The number of rotatable bonds is 3. The Bertz CT molecular complexity index is 369. The zero-order valence-corrected chi connectivity index (χ0v) is 12.8. The van der Waals surface area contributed by atoms with Crippen LogP contribution in [0.1, 0.15) is 45.4 Å². The van der Waals surface area contributed by atoms with Crippen molar-refractivity contribution in [3.63, 3.8) is 0 Å². The van der Waals surface area contributed by atoms with E-state index in [1.54, 1.807) is 0 Å². The summed E-state index contributed by atoms with van der Waals surface area (Å²) in [5.41, 5.74) is 0. The van der Waals surface area contributed by atoms with Gasteiger partial charge in [-0.1, -0.05) is 26.2 Å². The third-order valence-electron chi connectivity index (χ3n) is 4.56. The number of carbonyl (C=O) groups excluding carboxylic acids is 2. The van der Waals surface area contributed by atoms with E-state index < -0.39 is 6.03 Å². The summed E-state index contributed by atoms with van der Waals surface area (Å²) in [5, 5.41) is 15.1. The van der Waals surface area contributed by atoms with Gasteiger partial charge in [0.2, 0.25) is 5.91 Å². The minimum atomic E-state index is -0.391. The van der Waals surface area contributed by atoms with Crippen LogP contribution in [0.15, 0.2) is 0 Å². The van der Waals surface area contributed by atoms with Crippen molar-refractivity contribution < 1.29 is 14.7 Å². The van der Waals surface area contributed by atoms with Crippen LogP contribution in [0.2, 0.25) is 0 Å². The number of nitrogens with one attached hydrogen (secondary N) is 2. The second-order valence-electron chi connectivity index (χ2n) is 6.42. The molecule has 1 saturated heterocycles. The van der Waals surface area contributed by atoms with E-state index in [9.17, 15) is 14.7 Å². The zero-order chi connectivity index (χ0) is 15.2. The SMILES string of the molecule is CC1CCN(CC(=O)NC(=O)NC2CCCCC2)CC1O. The highest BCUT2D eigenvalue weighted by molar-refractivity contribution is 5.95. The van der Waals surface area contributed by atoms with Crippen LogP contribution < -0.4 is 10.6 Å². The van der Waals surface area contributed by atoms with Crippen molar-refractivity contribution in [1.82, 2.24) is 15.5 Å². The monoisotopic (exact) mass is 297 g/mol. The lowest BCUT2D eigenvalue weighted by molar-refractivity contribution is -0.122. The number of aliphatic hydroxyl groups excluding tert-OH is 1. The summed E-state index contributed by atoms with van der Waals surface area (Å²) in [6.45, 7) is 3.47. The smallest absolute Gasteiger partial charge is 0.321 e. The van der Waals surface area contributed by atoms with Gasteiger partial charge in [0, 0.05) is 12.6 Å². The van der Waals surface area contributed by atoms with Crippen LogP contribution in [0.4, 0.5) is 4.79 Å². The molecule has 0 aromatic rings. The average molecular weight is 297 g/mol. The molecule has 0 spiro atoms. The lowest BCUT2D eigenvalue weighted by Crippen LogP contribution is -2.50. The Morgan fingerprint density at radius 2 is 1.90 bits per heavy atom. The van der Waals surface area contributed by atoms with Crippen LogP contribution in [-0.4, -0.2) is 53.7 Å². The van der Waals surface area contributed by atoms with Gasteiger partial charge in [-0.15, -0.1) is 0 Å². The van der Waals surface area contributed by atoms with Crippen molar-refractivity contribution in [3.05, 3.63) is 0 Å². The number of β-amino-alcohol motifs (C(OH)–C–C–N with tert-alkyl or cyclic N) is 1. The van der Waals surface area contributed by atoms with Gasteiger partial charge < -0.3 is 10.4 Å². The molecule has 0 aromatic heterocycles. The Balaban J connectivity index is 1.67. The maximum atomic E-state index is 11.9. The largest absolute Gasteiger partial charge is 0.392 e. The summed E-state index contributed by atoms with van der Waals surface area (Å²) < 4.78 is 0. The van der Waals surface area contributed by atoms with Crippen LogP contribution in [-0.2, 0) is 4.79 Å². The van der Waals surface area contributed by atoms with E-state index in [-0.39, 0.29) is 30.5 Å². The number of nitrogens with zero attached hydrogens (tertiary/aromatic N) is 1. The second kappa shape index (κ2) is 7.75. The van der Waals surface area contributed by atoms with E-state index in [1.165, 1.54) is 6.42 Å². The Morgan fingerprint density at radius 1 is 1.19 bits per heavy atom. The van der Waals surface area contributed by atoms with Crippen molar-refractivity contribution in [2.24, 2.45) is 5.92 Å². The molecule has 120 valence electrons. The molecule has 1 aliphatic carbocycles. The summed E-state index contributed by atoms with van der Waals surface area (Å²) in [7, 11) is 0. The molecule has 21 heavy (non-hydrogen) atoms. The fourth-order valence-electron chi connectivity index (χ4n) is 3.10. The third-order valence-corrected chi connectivity index (χ3v) is 4.56. The molecule has 2 rings (SSSR count). The van der Waals surface area contributed by atoms with E-state index in [2.05, 4.69) is 10.6 Å². The number of imide groups is 1. The molecule has 2 fully saturated rings. The number of carbonyl (C=O) groups is 2. The van der Waals surface area contributed by atoms with Gasteiger partial charge in [0.25, 0.3) is 0 Å². The first-order valence-electron chi connectivity index (χ1n) is 8.05. The van der Waals surface area contributed by atoms with Crippen LogP contribution >= 0.6 is 0 Å². The fraction of sp³-hybridized carbons (Fsp3) is 0.867. The molecule has 1 heterocycles. The number of piperidine rings is 1. The zero-order valence-electron chi connectivity index (χ0n) is 12.8. The Kier molecular flexibility index (Phi) is 5.99. The molecule has 2 unspecified atom stereocenters. The van der Waals surface area contributed by atoms with E-state index in [0.717, 1.165) is 38.6 Å². The third kappa shape index (κ3) is 5.28. The Hall–Kier alpha value is -1.14. The first kappa shape index (κ1) is 16.2. The van der Waals surface area contributed by atoms with E-state index in [1.807, 2.05) is 11.8 Å². The molecular weight excluding hydrogens is 270 g/mol. The van der Waals surface area contributed by atoms with Crippen LogP contribution in [0.5, 0.6) is 0 Å². The first-order valence-corrected chi connectivity index (χ1v) is 8.05. The first-order chi connectivity index (χ1) is 10.0. The number of amides is 3. The number of hydrogen-bond donors (Lipinski definition) is 3. The number of urea groups is 1. The van der Waals surface area contributed by atoms with Crippen molar-refractivity contribution in [1.29, 1.82) is 0 Å². The number of hydrogen-bond acceptors (Lipinski definition) is 4. The molecule has 6 nitrogen and oxygen atoms in total. The van der Waals surface area contributed by atoms with Crippen molar-refractivity contribution in [2.45, 2.75) is 57.6 Å². The van der Waals surface area contributed by atoms with Gasteiger partial charge in [-0.05, 0) is 31.7 Å².